The number of rotatable bonds is 4. The molecule has 1 nitrogen and oxygen atoms in total. The van der Waals surface area contributed by atoms with Crippen LogP contribution in [0.15, 0.2) is 0 Å². The van der Waals surface area contributed by atoms with E-state index < -0.39 is 0 Å². The summed E-state index contributed by atoms with van der Waals surface area (Å²) < 4.78 is 0. The Hall–Kier alpha value is -0.0400. The van der Waals surface area contributed by atoms with E-state index >= 15 is 0 Å². The van der Waals surface area contributed by atoms with E-state index in [1.54, 1.807) is 0 Å². The van der Waals surface area contributed by atoms with Crippen LogP contribution < -0.4 is 5.32 Å². The van der Waals surface area contributed by atoms with Gasteiger partial charge in [0.1, 0.15) is 0 Å². The second-order valence-corrected chi connectivity index (χ2v) is 10.2. The Labute approximate surface area is 128 Å². The lowest BCUT2D eigenvalue weighted by molar-refractivity contribution is -0.164. The Morgan fingerprint density at radius 2 is 1.45 bits per heavy atom. The second kappa shape index (κ2) is 5.30. The molecule has 1 heteroatoms. The predicted octanol–water partition coefficient (Wildman–Crippen LogP) is 5.64. The summed E-state index contributed by atoms with van der Waals surface area (Å²) in [5, 5.41) is 3.94. The molecular weight excluding hydrogens is 242 g/mol. The van der Waals surface area contributed by atoms with Crippen LogP contribution in [0.5, 0.6) is 0 Å². The van der Waals surface area contributed by atoms with E-state index in [-0.39, 0.29) is 5.54 Å². The number of nitrogens with one attached hydrogen (secondary N) is 1. The molecule has 0 saturated heterocycles. The fourth-order valence-corrected chi connectivity index (χ4v) is 4.76. The first kappa shape index (κ1) is 18.0. The first-order valence-electron chi connectivity index (χ1n) is 8.52. The maximum atomic E-state index is 3.94. The molecule has 0 aromatic rings. The summed E-state index contributed by atoms with van der Waals surface area (Å²) >= 11 is 0. The molecule has 120 valence electrons. The van der Waals surface area contributed by atoms with Gasteiger partial charge < -0.3 is 5.32 Å². The standard InChI is InChI=1S/C19H39N/c1-11-12-19(10)14(13-16(2,3)4)18(8,9)15(19)20-17(5,6)7/h14-15,20H,11-13H2,1-10H3. The first-order chi connectivity index (χ1) is 8.74. The van der Waals surface area contributed by atoms with Crippen molar-refractivity contribution in [1.82, 2.24) is 5.32 Å². The van der Waals surface area contributed by atoms with E-state index in [4.69, 9.17) is 0 Å². The molecule has 0 aliphatic heterocycles. The zero-order chi connectivity index (χ0) is 16.0. The van der Waals surface area contributed by atoms with E-state index in [9.17, 15) is 0 Å². The van der Waals surface area contributed by atoms with Gasteiger partial charge in [-0.3, -0.25) is 0 Å². The van der Waals surface area contributed by atoms with Crippen molar-refractivity contribution in [3.8, 4) is 0 Å². The van der Waals surface area contributed by atoms with Gasteiger partial charge in [-0.1, -0.05) is 54.9 Å². The molecule has 1 aliphatic rings. The van der Waals surface area contributed by atoms with Gasteiger partial charge in [-0.2, -0.15) is 0 Å². The maximum absolute atomic E-state index is 3.94. The highest BCUT2D eigenvalue weighted by molar-refractivity contribution is 5.16. The molecule has 0 radical (unpaired) electrons. The second-order valence-electron chi connectivity index (χ2n) is 10.2. The number of hydrogen-bond donors (Lipinski definition) is 1. The third-order valence-corrected chi connectivity index (χ3v) is 5.28. The lowest BCUT2D eigenvalue weighted by Gasteiger charge is -2.68. The molecule has 1 rings (SSSR count). The van der Waals surface area contributed by atoms with Gasteiger partial charge in [0.15, 0.2) is 0 Å². The van der Waals surface area contributed by atoms with E-state index in [0.717, 1.165) is 5.92 Å². The molecule has 3 unspecified atom stereocenters. The van der Waals surface area contributed by atoms with E-state index in [0.29, 0.717) is 22.3 Å². The van der Waals surface area contributed by atoms with Crippen LogP contribution in [0, 0.1) is 22.2 Å². The van der Waals surface area contributed by atoms with E-state index in [2.05, 4.69) is 74.6 Å². The van der Waals surface area contributed by atoms with Crippen LogP contribution in [0.3, 0.4) is 0 Å². The fraction of sp³-hybridized carbons (Fsp3) is 1.00. The van der Waals surface area contributed by atoms with Crippen LogP contribution in [-0.2, 0) is 0 Å². The molecule has 0 heterocycles. The third-order valence-electron chi connectivity index (χ3n) is 5.28. The van der Waals surface area contributed by atoms with Crippen LogP contribution in [-0.4, -0.2) is 11.6 Å². The molecule has 0 spiro atoms. The fourth-order valence-electron chi connectivity index (χ4n) is 4.76. The van der Waals surface area contributed by atoms with Gasteiger partial charge in [0, 0.05) is 11.6 Å². The van der Waals surface area contributed by atoms with Crippen molar-refractivity contribution in [2.45, 2.75) is 100 Å². The van der Waals surface area contributed by atoms with Crippen molar-refractivity contribution >= 4 is 0 Å². The van der Waals surface area contributed by atoms with Gasteiger partial charge >= 0.3 is 0 Å². The van der Waals surface area contributed by atoms with Gasteiger partial charge in [0.2, 0.25) is 0 Å². The van der Waals surface area contributed by atoms with Crippen LogP contribution in [0.1, 0.15) is 88.5 Å². The Kier molecular flexibility index (Phi) is 4.78. The normalized spacial score (nSPS) is 33.9. The smallest absolute Gasteiger partial charge is 0.0183 e. The number of hydrogen-bond acceptors (Lipinski definition) is 1. The highest BCUT2D eigenvalue weighted by Crippen LogP contribution is 2.64. The van der Waals surface area contributed by atoms with Gasteiger partial charge in [0.05, 0.1) is 0 Å². The van der Waals surface area contributed by atoms with Crippen LogP contribution in [0.4, 0.5) is 0 Å². The summed E-state index contributed by atoms with van der Waals surface area (Å²) in [5.74, 6) is 0.815. The minimum Gasteiger partial charge on any atom is -0.308 e. The van der Waals surface area contributed by atoms with E-state index in [1.807, 2.05) is 0 Å². The lowest BCUT2D eigenvalue weighted by Crippen LogP contribution is -2.72. The van der Waals surface area contributed by atoms with Gasteiger partial charge in [0.25, 0.3) is 0 Å². The van der Waals surface area contributed by atoms with Crippen molar-refractivity contribution in [1.29, 1.82) is 0 Å². The van der Waals surface area contributed by atoms with Crippen molar-refractivity contribution in [2.24, 2.45) is 22.2 Å². The molecule has 0 aromatic carbocycles. The summed E-state index contributed by atoms with van der Waals surface area (Å²) in [6, 6.07) is 0.627. The van der Waals surface area contributed by atoms with Crippen LogP contribution in [0.2, 0.25) is 0 Å². The molecule has 0 amide bonds. The van der Waals surface area contributed by atoms with Crippen molar-refractivity contribution in [2.75, 3.05) is 0 Å². The molecule has 0 bridgehead atoms. The largest absolute Gasteiger partial charge is 0.308 e. The molecule has 1 aliphatic carbocycles. The monoisotopic (exact) mass is 281 g/mol. The van der Waals surface area contributed by atoms with Gasteiger partial charge in [-0.25, -0.2) is 0 Å². The van der Waals surface area contributed by atoms with Crippen LogP contribution >= 0.6 is 0 Å². The highest BCUT2D eigenvalue weighted by Gasteiger charge is 2.63. The van der Waals surface area contributed by atoms with Crippen molar-refractivity contribution in [3.05, 3.63) is 0 Å². The topological polar surface area (TPSA) is 12.0 Å². The third kappa shape index (κ3) is 3.59. The molecule has 1 N–H and O–H groups in total. The minimum atomic E-state index is 0.198. The summed E-state index contributed by atoms with van der Waals surface area (Å²) in [7, 11) is 0. The van der Waals surface area contributed by atoms with Crippen molar-refractivity contribution in [3.63, 3.8) is 0 Å². The minimum absolute atomic E-state index is 0.198. The molecule has 20 heavy (non-hydrogen) atoms. The van der Waals surface area contributed by atoms with Crippen molar-refractivity contribution < 1.29 is 0 Å². The zero-order valence-electron chi connectivity index (χ0n) is 15.8. The van der Waals surface area contributed by atoms with Gasteiger partial charge in [-0.15, -0.1) is 0 Å². The molecule has 3 atom stereocenters. The lowest BCUT2D eigenvalue weighted by atomic mass is 9.40. The molecule has 1 fully saturated rings. The summed E-state index contributed by atoms with van der Waals surface area (Å²) in [5.41, 5.74) is 1.45. The Morgan fingerprint density at radius 3 is 1.80 bits per heavy atom. The average Bonchev–Trinajstić information content (AvgIpc) is 2.20. The average molecular weight is 282 g/mol. The zero-order valence-corrected chi connectivity index (χ0v) is 15.8. The van der Waals surface area contributed by atoms with E-state index in [1.165, 1.54) is 19.3 Å². The summed E-state index contributed by atoms with van der Waals surface area (Å²) in [6.07, 6.45) is 3.96. The Balaban J connectivity index is 3.02. The Bertz CT molecular complexity index is 301. The molecular formula is C19H39N. The van der Waals surface area contributed by atoms with Crippen LogP contribution in [0.25, 0.3) is 0 Å². The Morgan fingerprint density at radius 1 is 0.950 bits per heavy atom. The van der Waals surface area contributed by atoms with Gasteiger partial charge in [-0.05, 0) is 55.8 Å². The summed E-state index contributed by atoms with van der Waals surface area (Å²) in [6.45, 7) is 23.9. The SMILES string of the molecule is CCCC1(C)C(CC(C)(C)C)C(C)(C)C1NC(C)(C)C. The molecule has 0 aromatic heterocycles. The quantitative estimate of drug-likeness (QED) is 0.703. The predicted molar refractivity (Wildman–Crippen MR) is 91.0 cm³/mol. The summed E-state index contributed by atoms with van der Waals surface area (Å²) in [4.78, 5) is 0. The maximum Gasteiger partial charge on any atom is 0.0183 e. The highest BCUT2D eigenvalue weighted by atomic mass is 15.1. The molecule has 1 saturated carbocycles. The first-order valence-corrected chi connectivity index (χ1v) is 8.52.